The third kappa shape index (κ3) is 1.78. The van der Waals surface area contributed by atoms with Gasteiger partial charge in [-0.3, -0.25) is 9.36 Å². The zero-order chi connectivity index (χ0) is 9.10. The maximum Gasteiger partial charge on any atom is 0.253 e. The first-order valence-corrected chi connectivity index (χ1v) is 4.61. The molecule has 2 heterocycles. The van der Waals surface area contributed by atoms with Gasteiger partial charge < -0.3 is 5.32 Å². The minimum absolute atomic E-state index is 0.0451. The van der Waals surface area contributed by atoms with Gasteiger partial charge in [0.2, 0.25) is 0 Å². The Morgan fingerprint density at radius 3 is 3.23 bits per heavy atom. The summed E-state index contributed by atoms with van der Waals surface area (Å²) < 4.78 is 1.71. The van der Waals surface area contributed by atoms with Gasteiger partial charge in [-0.05, 0) is 19.4 Å². The summed E-state index contributed by atoms with van der Waals surface area (Å²) in [7, 11) is 0. The third-order valence-electron chi connectivity index (χ3n) is 2.41. The van der Waals surface area contributed by atoms with Gasteiger partial charge in [0.25, 0.3) is 5.56 Å². The lowest BCUT2D eigenvalue weighted by atomic mass is 10.1. The van der Waals surface area contributed by atoms with Crippen LogP contribution in [0.4, 0.5) is 0 Å². The van der Waals surface area contributed by atoms with Crippen LogP contribution in [0.1, 0.15) is 18.9 Å². The minimum Gasteiger partial charge on any atom is -0.315 e. The molecular formula is C9H13N3O. The largest absolute Gasteiger partial charge is 0.315 e. The second kappa shape index (κ2) is 3.70. The van der Waals surface area contributed by atoms with E-state index in [1.54, 1.807) is 10.9 Å². The standard InChI is InChI=1S/C9H13N3O/c13-9-3-5-11-7-12(9)8-2-1-4-10-6-8/h3,5,7-8,10H,1-2,4,6H2. The maximum atomic E-state index is 11.4. The number of aromatic nitrogens is 2. The van der Waals surface area contributed by atoms with E-state index in [4.69, 9.17) is 0 Å². The van der Waals surface area contributed by atoms with E-state index >= 15 is 0 Å². The number of nitrogens with one attached hydrogen (secondary N) is 1. The van der Waals surface area contributed by atoms with Crippen LogP contribution in [0.15, 0.2) is 23.4 Å². The highest BCUT2D eigenvalue weighted by Crippen LogP contribution is 2.12. The van der Waals surface area contributed by atoms with Crippen LogP contribution in [-0.4, -0.2) is 22.6 Å². The van der Waals surface area contributed by atoms with Gasteiger partial charge in [0.15, 0.2) is 0 Å². The average Bonchev–Trinajstić information content (AvgIpc) is 2.20. The fourth-order valence-corrected chi connectivity index (χ4v) is 1.71. The normalized spacial score (nSPS) is 22.9. The van der Waals surface area contributed by atoms with Gasteiger partial charge in [-0.1, -0.05) is 0 Å². The molecule has 0 spiro atoms. The lowest BCUT2D eigenvalue weighted by Crippen LogP contribution is -2.36. The molecule has 0 radical (unpaired) electrons. The van der Waals surface area contributed by atoms with Crippen LogP contribution in [0.2, 0.25) is 0 Å². The maximum absolute atomic E-state index is 11.4. The van der Waals surface area contributed by atoms with Crippen molar-refractivity contribution in [1.29, 1.82) is 0 Å². The molecular weight excluding hydrogens is 166 g/mol. The van der Waals surface area contributed by atoms with E-state index in [1.165, 1.54) is 12.3 Å². The van der Waals surface area contributed by atoms with Gasteiger partial charge in [-0.15, -0.1) is 0 Å². The zero-order valence-corrected chi connectivity index (χ0v) is 7.44. The van der Waals surface area contributed by atoms with E-state index in [0.29, 0.717) is 0 Å². The molecule has 0 amide bonds. The number of hydrogen-bond donors (Lipinski definition) is 1. The van der Waals surface area contributed by atoms with Gasteiger partial charge in [0, 0.05) is 18.8 Å². The van der Waals surface area contributed by atoms with Crippen molar-refractivity contribution in [2.45, 2.75) is 18.9 Å². The highest BCUT2D eigenvalue weighted by Gasteiger charge is 2.14. The Kier molecular flexibility index (Phi) is 2.40. The monoisotopic (exact) mass is 179 g/mol. The Labute approximate surface area is 76.6 Å². The van der Waals surface area contributed by atoms with Crippen LogP contribution >= 0.6 is 0 Å². The Hall–Kier alpha value is -1.16. The van der Waals surface area contributed by atoms with Crippen molar-refractivity contribution in [3.05, 3.63) is 28.9 Å². The van der Waals surface area contributed by atoms with Crippen LogP contribution in [0.3, 0.4) is 0 Å². The first kappa shape index (κ1) is 8.44. The second-order valence-corrected chi connectivity index (χ2v) is 3.33. The molecule has 2 rings (SSSR count). The van der Waals surface area contributed by atoms with Crippen LogP contribution < -0.4 is 10.9 Å². The summed E-state index contributed by atoms with van der Waals surface area (Å²) in [6, 6.07) is 1.80. The van der Waals surface area contributed by atoms with Gasteiger partial charge >= 0.3 is 0 Å². The zero-order valence-electron chi connectivity index (χ0n) is 7.44. The van der Waals surface area contributed by atoms with Crippen molar-refractivity contribution in [3.8, 4) is 0 Å². The van der Waals surface area contributed by atoms with Gasteiger partial charge in [-0.2, -0.15) is 0 Å². The first-order chi connectivity index (χ1) is 6.38. The van der Waals surface area contributed by atoms with Crippen molar-refractivity contribution in [2.75, 3.05) is 13.1 Å². The summed E-state index contributed by atoms with van der Waals surface area (Å²) in [5.74, 6) is 0. The van der Waals surface area contributed by atoms with Crippen molar-refractivity contribution in [2.24, 2.45) is 0 Å². The van der Waals surface area contributed by atoms with Crippen molar-refractivity contribution < 1.29 is 0 Å². The Morgan fingerprint density at radius 2 is 2.54 bits per heavy atom. The second-order valence-electron chi connectivity index (χ2n) is 3.33. The summed E-state index contributed by atoms with van der Waals surface area (Å²) in [6.07, 6.45) is 5.36. The third-order valence-corrected chi connectivity index (χ3v) is 2.41. The molecule has 13 heavy (non-hydrogen) atoms. The fourth-order valence-electron chi connectivity index (χ4n) is 1.71. The smallest absolute Gasteiger partial charge is 0.253 e. The molecule has 1 atom stereocenters. The van der Waals surface area contributed by atoms with E-state index in [-0.39, 0.29) is 11.6 Å². The topological polar surface area (TPSA) is 46.9 Å². The summed E-state index contributed by atoms with van der Waals surface area (Å²) in [5, 5.41) is 3.27. The SMILES string of the molecule is O=c1ccncn1C1CCCNC1. The predicted octanol–water partition coefficient (Wildman–Crippen LogP) is 0.168. The predicted molar refractivity (Wildman–Crippen MR) is 49.6 cm³/mol. The summed E-state index contributed by atoms with van der Waals surface area (Å²) in [5.41, 5.74) is 0.0451. The molecule has 1 aromatic heterocycles. The van der Waals surface area contributed by atoms with Gasteiger partial charge in [-0.25, -0.2) is 4.98 Å². The molecule has 1 aromatic rings. The quantitative estimate of drug-likeness (QED) is 0.668. The Bertz CT molecular complexity index is 328. The minimum atomic E-state index is 0.0451. The van der Waals surface area contributed by atoms with Crippen LogP contribution in [0, 0.1) is 0 Å². The van der Waals surface area contributed by atoms with E-state index in [0.717, 1.165) is 25.9 Å². The summed E-state index contributed by atoms with van der Waals surface area (Å²) in [6.45, 7) is 1.94. The Morgan fingerprint density at radius 1 is 1.62 bits per heavy atom. The average molecular weight is 179 g/mol. The molecule has 0 aliphatic carbocycles. The lowest BCUT2D eigenvalue weighted by Gasteiger charge is -2.24. The number of rotatable bonds is 1. The van der Waals surface area contributed by atoms with Gasteiger partial charge in [0.1, 0.15) is 0 Å². The molecule has 1 aliphatic heterocycles. The van der Waals surface area contributed by atoms with Crippen LogP contribution in [-0.2, 0) is 0 Å². The molecule has 0 aromatic carbocycles. The molecule has 70 valence electrons. The summed E-state index contributed by atoms with van der Waals surface area (Å²) in [4.78, 5) is 15.4. The molecule has 1 N–H and O–H groups in total. The van der Waals surface area contributed by atoms with E-state index in [9.17, 15) is 4.79 Å². The fraction of sp³-hybridized carbons (Fsp3) is 0.556. The van der Waals surface area contributed by atoms with Crippen LogP contribution in [0.5, 0.6) is 0 Å². The van der Waals surface area contributed by atoms with Crippen molar-refractivity contribution >= 4 is 0 Å². The van der Waals surface area contributed by atoms with E-state index in [1.807, 2.05) is 0 Å². The van der Waals surface area contributed by atoms with Gasteiger partial charge in [0.05, 0.1) is 12.4 Å². The molecule has 4 heteroatoms. The molecule has 0 bridgehead atoms. The number of nitrogens with zero attached hydrogens (tertiary/aromatic N) is 2. The molecule has 1 saturated heterocycles. The Balaban J connectivity index is 2.24. The molecule has 0 saturated carbocycles. The molecule has 1 fully saturated rings. The molecule has 1 aliphatic rings. The highest BCUT2D eigenvalue weighted by molar-refractivity contribution is 4.87. The van der Waals surface area contributed by atoms with E-state index < -0.39 is 0 Å². The van der Waals surface area contributed by atoms with Crippen LogP contribution in [0.25, 0.3) is 0 Å². The summed E-state index contributed by atoms with van der Waals surface area (Å²) >= 11 is 0. The molecule has 4 nitrogen and oxygen atoms in total. The van der Waals surface area contributed by atoms with E-state index in [2.05, 4.69) is 10.3 Å². The number of piperidine rings is 1. The molecule has 1 unspecified atom stereocenters. The highest BCUT2D eigenvalue weighted by atomic mass is 16.1. The first-order valence-electron chi connectivity index (χ1n) is 4.61. The van der Waals surface area contributed by atoms with Crippen molar-refractivity contribution in [3.63, 3.8) is 0 Å². The lowest BCUT2D eigenvalue weighted by molar-refractivity contribution is 0.361. The number of hydrogen-bond acceptors (Lipinski definition) is 3. The van der Waals surface area contributed by atoms with Crippen molar-refractivity contribution in [1.82, 2.24) is 14.9 Å².